The van der Waals surface area contributed by atoms with E-state index in [-0.39, 0.29) is 58.3 Å². The third-order valence-corrected chi connectivity index (χ3v) is 6.71. The van der Waals surface area contributed by atoms with E-state index in [9.17, 15) is 10.2 Å². The van der Waals surface area contributed by atoms with Gasteiger partial charge in [-0.1, -0.05) is 79.7 Å². The summed E-state index contributed by atoms with van der Waals surface area (Å²) in [5.41, 5.74) is 6.69. The van der Waals surface area contributed by atoms with Crippen LogP contribution in [0.15, 0.2) is 24.3 Å². The van der Waals surface area contributed by atoms with E-state index in [0.29, 0.717) is 35.2 Å². The molecule has 0 bridgehead atoms. The average Bonchev–Trinajstić information content (AvgIpc) is 2.97. The normalized spacial score (nSPS) is 9.65. The maximum atomic E-state index is 10.7. The summed E-state index contributed by atoms with van der Waals surface area (Å²) in [4.78, 5) is 4.71. The SMILES string of the molecule is CC(C)c1cc(CN(C)CCN(C)Cc2cc(C(C)C)c(O)c(C(C)C)c2)cc(C(C)C)c1O.CO.CO.CO.CO.[CH3-].[CH3-].[Ti].[Ti]. The third kappa shape index (κ3) is 21.3. The molecule has 2 rings (SSSR count). The molecule has 0 radical (unpaired) electrons. The topological polar surface area (TPSA) is 128 Å². The third-order valence-electron chi connectivity index (χ3n) is 6.71. The number of aliphatic hydroxyl groups excluding tert-OH is 4. The zero-order valence-electron chi connectivity index (χ0n) is 32.0. The number of aromatic hydroxyl groups is 2. The number of phenols is 2. The van der Waals surface area contributed by atoms with Gasteiger partial charge in [0.1, 0.15) is 11.5 Å². The minimum absolute atomic E-state index is 0. The Morgan fingerprint density at radius 3 is 0.783 bits per heavy atom. The van der Waals surface area contributed by atoms with Crippen molar-refractivity contribution < 1.29 is 74.1 Å². The van der Waals surface area contributed by atoms with Gasteiger partial charge in [0.2, 0.25) is 0 Å². The van der Waals surface area contributed by atoms with Gasteiger partial charge in [-0.05, 0) is 71.1 Å². The number of nitrogens with zero attached hydrogens (tertiary/aromatic N) is 2. The molecular formula is C36H70N2O6Ti2-2. The molecule has 10 heteroatoms. The second-order valence-corrected chi connectivity index (χ2v) is 11.3. The van der Waals surface area contributed by atoms with Crippen LogP contribution in [-0.4, -0.2) is 96.1 Å². The first-order chi connectivity index (χ1) is 19.8. The first-order valence-electron chi connectivity index (χ1n) is 14.7. The summed E-state index contributed by atoms with van der Waals surface area (Å²) in [6.07, 6.45) is 0. The molecule has 0 heterocycles. The molecule has 8 nitrogen and oxygen atoms in total. The molecule has 0 saturated heterocycles. The fourth-order valence-corrected chi connectivity index (χ4v) is 4.55. The van der Waals surface area contributed by atoms with Gasteiger partial charge in [0.25, 0.3) is 0 Å². The van der Waals surface area contributed by atoms with Crippen LogP contribution in [0.3, 0.4) is 0 Å². The van der Waals surface area contributed by atoms with Crippen molar-refractivity contribution in [1.82, 2.24) is 9.80 Å². The minimum atomic E-state index is 0. The van der Waals surface area contributed by atoms with Crippen molar-refractivity contribution in [3.8, 4) is 11.5 Å². The van der Waals surface area contributed by atoms with Crippen LogP contribution < -0.4 is 0 Å². The molecular weight excluding hydrogens is 652 g/mol. The molecule has 0 amide bonds. The second kappa shape index (κ2) is 34.1. The summed E-state index contributed by atoms with van der Waals surface area (Å²) >= 11 is 0. The van der Waals surface area contributed by atoms with Crippen molar-refractivity contribution in [1.29, 1.82) is 0 Å². The van der Waals surface area contributed by atoms with E-state index in [1.165, 1.54) is 11.1 Å². The van der Waals surface area contributed by atoms with Crippen LogP contribution in [0.2, 0.25) is 0 Å². The van der Waals surface area contributed by atoms with Crippen LogP contribution in [0.1, 0.15) is 112 Å². The van der Waals surface area contributed by atoms with E-state index in [1.807, 2.05) is 0 Å². The van der Waals surface area contributed by atoms with E-state index >= 15 is 0 Å². The van der Waals surface area contributed by atoms with E-state index in [1.54, 1.807) is 0 Å². The Morgan fingerprint density at radius 2 is 0.630 bits per heavy atom. The van der Waals surface area contributed by atoms with Crippen LogP contribution in [0.4, 0.5) is 0 Å². The van der Waals surface area contributed by atoms with Gasteiger partial charge in [-0.2, -0.15) is 0 Å². The Hall–Kier alpha value is -0.771. The van der Waals surface area contributed by atoms with Crippen LogP contribution in [0.25, 0.3) is 0 Å². The summed E-state index contributed by atoms with van der Waals surface area (Å²) in [6, 6.07) is 8.68. The molecule has 2 aromatic carbocycles. The van der Waals surface area contributed by atoms with Crippen molar-refractivity contribution in [2.45, 2.75) is 92.2 Å². The Bertz CT molecular complexity index is 838. The van der Waals surface area contributed by atoms with Gasteiger partial charge in [-0.25, -0.2) is 0 Å². The van der Waals surface area contributed by atoms with Crippen LogP contribution in [-0.2, 0) is 56.5 Å². The molecule has 0 aliphatic heterocycles. The summed E-state index contributed by atoms with van der Waals surface area (Å²) < 4.78 is 0. The monoisotopic (exact) mass is 722 g/mol. The van der Waals surface area contributed by atoms with Crippen molar-refractivity contribution >= 4 is 0 Å². The number of hydrogen-bond donors (Lipinski definition) is 6. The molecule has 0 saturated carbocycles. The maximum absolute atomic E-state index is 10.7. The van der Waals surface area contributed by atoms with Gasteiger partial charge in [-0.3, -0.25) is 0 Å². The molecule has 0 unspecified atom stereocenters. The quantitative estimate of drug-likeness (QED) is 0.115. The minimum Gasteiger partial charge on any atom is -0.507 e. The van der Waals surface area contributed by atoms with Crippen molar-refractivity contribution in [2.75, 3.05) is 55.6 Å². The number of benzene rings is 2. The predicted octanol–water partition coefficient (Wildman–Crippen LogP) is 6.48. The van der Waals surface area contributed by atoms with Gasteiger partial charge in [0.05, 0.1) is 0 Å². The van der Waals surface area contributed by atoms with Gasteiger partial charge >= 0.3 is 0 Å². The molecule has 2 aromatic rings. The molecule has 6 N–H and O–H groups in total. The molecule has 0 atom stereocenters. The van der Waals surface area contributed by atoms with Crippen LogP contribution in [0.5, 0.6) is 11.5 Å². The molecule has 46 heavy (non-hydrogen) atoms. The zero-order valence-corrected chi connectivity index (χ0v) is 35.1. The summed E-state index contributed by atoms with van der Waals surface area (Å²) in [5, 5.41) is 49.4. The summed E-state index contributed by atoms with van der Waals surface area (Å²) in [7, 11) is 8.33. The molecule has 0 aliphatic carbocycles. The van der Waals surface area contributed by atoms with Gasteiger partial charge in [0, 0.05) is 98.1 Å². The largest absolute Gasteiger partial charge is 0.507 e. The Labute approximate surface area is 314 Å². The molecule has 0 aliphatic rings. The van der Waals surface area contributed by atoms with Crippen molar-refractivity contribution in [3.63, 3.8) is 0 Å². The summed E-state index contributed by atoms with van der Waals surface area (Å²) in [5.74, 6) is 2.12. The smallest absolute Gasteiger partial charge is 0.122 e. The molecule has 0 fully saturated rings. The molecule has 270 valence electrons. The van der Waals surface area contributed by atoms with Gasteiger partial charge in [-0.15, -0.1) is 0 Å². The average molecular weight is 723 g/mol. The van der Waals surface area contributed by atoms with E-state index in [4.69, 9.17) is 20.4 Å². The van der Waals surface area contributed by atoms with E-state index in [2.05, 4.69) is 104 Å². The Balaban J connectivity index is -0.000000235. The van der Waals surface area contributed by atoms with Gasteiger partial charge < -0.3 is 55.3 Å². The predicted molar refractivity (Wildman–Crippen MR) is 191 cm³/mol. The van der Waals surface area contributed by atoms with E-state index < -0.39 is 0 Å². The van der Waals surface area contributed by atoms with Crippen molar-refractivity contribution in [3.05, 3.63) is 72.5 Å². The molecule has 0 spiro atoms. The number of phenolic OH excluding ortho intramolecular Hbond substituents is 2. The van der Waals surface area contributed by atoms with Gasteiger partial charge in [0.15, 0.2) is 0 Å². The fourth-order valence-electron chi connectivity index (χ4n) is 4.55. The number of hydrogen-bond acceptors (Lipinski definition) is 8. The van der Waals surface area contributed by atoms with Crippen molar-refractivity contribution in [2.24, 2.45) is 0 Å². The Kier molecular flexibility index (Phi) is 44.9. The number of aliphatic hydroxyl groups is 4. The van der Waals surface area contributed by atoms with Crippen LogP contribution in [0, 0.1) is 14.9 Å². The Morgan fingerprint density at radius 1 is 0.457 bits per heavy atom. The number of likely N-dealkylation sites (N-methyl/N-ethyl adjacent to an activating group) is 2. The maximum Gasteiger partial charge on any atom is 0.122 e. The fraction of sp³-hybridized carbons (Fsp3) is 0.611. The first kappa shape index (κ1) is 60.5. The van der Waals surface area contributed by atoms with Crippen LogP contribution >= 0.6 is 0 Å². The zero-order chi connectivity index (χ0) is 33.7. The first-order valence-corrected chi connectivity index (χ1v) is 14.7. The molecule has 0 aromatic heterocycles. The van der Waals surface area contributed by atoms with E-state index in [0.717, 1.165) is 76.9 Å². The second-order valence-electron chi connectivity index (χ2n) is 11.3. The number of rotatable bonds is 11. The summed E-state index contributed by atoms with van der Waals surface area (Å²) in [6.45, 7) is 20.8. The standard InChI is InChI=1S/C30H48N2O2.4CH4O.2CH3.2Ti/c1-19(2)25-13-23(14-26(20(3)4)29(25)33)17-31(9)11-12-32(10)18-24-15-27(21(5)6)30(34)28(16-24)22(7)8;4*1-2;;;;/h13-16,19-22,33-34H,11-12,17-18H2,1-10H3;4*2H,1H3;2*1H3;;/q;;;;;2*-1;;.